The maximum atomic E-state index is 11.5. The second-order valence-electron chi connectivity index (χ2n) is 7.74. The van der Waals surface area contributed by atoms with E-state index in [1.165, 1.54) is 6.92 Å². The highest BCUT2D eigenvalue weighted by molar-refractivity contribution is 5.80. The molecule has 11 heteroatoms. The molecule has 0 aromatic heterocycles. The third kappa shape index (κ3) is 31.0. The van der Waals surface area contributed by atoms with Crippen LogP contribution in [0, 0.1) is 0 Å². The first kappa shape index (κ1) is 35.0. The predicted molar refractivity (Wildman–Crippen MR) is 133 cm³/mol. The van der Waals surface area contributed by atoms with E-state index in [0.717, 1.165) is 13.0 Å². The summed E-state index contributed by atoms with van der Waals surface area (Å²) in [5.74, 6) is -0.123. The molecular weight excluding hydrogens is 476 g/mol. The van der Waals surface area contributed by atoms with Crippen LogP contribution in [0.4, 0.5) is 0 Å². The monoisotopic (exact) mass is 524 g/mol. The van der Waals surface area contributed by atoms with Crippen molar-refractivity contribution < 1.29 is 52.2 Å². The van der Waals surface area contributed by atoms with Gasteiger partial charge in [-0.05, 0) is 19.8 Å². The van der Waals surface area contributed by atoms with Gasteiger partial charge in [0.1, 0.15) is 13.2 Å². The first-order chi connectivity index (χ1) is 17.7. The molecule has 0 aromatic rings. The summed E-state index contributed by atoms with van der Waals surface area (Å²) in [6, 6.07) is 0. The van der Waals surface area contributed by atoms with Crippen molar-refractivity contribution >= 4 is 11.6 Å². The van der Waals surface area contributed by atoms with E-state index in [1.54, 1.807) is 0 Å². The number of ether oxygens (including phenoxy) is 9. The van der Waals surface area contributed by atoms with Crippen LogP contribution in [-0.4, -0.2) is 130 Å². The molecule has 0 aliphatic carbocycles. The lowest BCUT2D eigenvalue weighted by molar-refractivity contribution is -0.127. The minimum atomic E-state index is -0.0916. The Morgan fingerprint density at radius 1 is 0.444 bits per heavy atom. The first-order valence-electron chi connectivity index (χ1n) is 12.9. The zero-order chi connectivity index (χ0) is 26.4. The Kier molecular flexibility index (Phi) is 29.3. The van der Waals surface area contributed by atoms with E-state index in [1.807, 2.05) is 0 Å². The summed E-state index contributed by atoms with van der Waals surface area (Å²) >= 11 is 0. The van der Waals surface area contributed by atoms with Crippen molar-refractivity contribution in [1.82, 2.24) is 0 Å². The molecule has 0 spiro atoms. The molecule has 0 bridgehead atoms. The number of carbonyl (C=O) groups excluding carboxylic acids is 2. The molecule has 0 saturated carbocycles. The van der Waals surface area contributed by atoms with Crippen LogP contribution in [0.25, 0.3) is 0 Å². The second-order valence-corrected chi connectivity index (χ2v) is 7.74. The van der Waals surface area contributed by atoms with Gasteiger partial charge in [0.15, 0.2) is 11.6 Å². The quantitative estimate of drug-likeness (QED) is 0.123. The van der Waals surface area contributed by atoms with Crippen molar-refractivity contribution in [3.8, 4) is 0 Å². The van der Waals surface area contributed by atoms with Crippen molar-refractivity contribution in [2.45, 2.75) is 33.1 Å². The predicted octanol–water partition coefficient (Wildman–Crippen LogP) is 1.48. The SMILES string of the molecule is CCCOCCOCCOCCOCCOCCOCCOCCOCCCC(=O)COCC(C)=O. The van der Waals surface area contributed by atoms with Crippen molar-refractivity contribution in [2.24, 2.45) is 0 Å². The molecule has 0 heterocycles. The van der Waals surface area contributed by atoms with E-state index in [4.69, 9.17) is 42.6 Å². The Labute approximate surface area is 216 Å². The van der Waals surface area contributed by atoms with Crippen molar-refractivity contribution in [1.29, 1.82) is 0 Å². The Balaban J connectivity index is 3.09. The molecule has 214 valence electrons. The summed E-state index contributed by atoms with van der Waals surface area (Å²) in [5.41, 5.74) is 0. The van der Waals surface area contributed by atoms with Gasteiger partial charge in [-0.2, -0.15) is 0 Å². The van der Waals surface area contributed by atoms with E-state index in [0.29, 0.717) is 112 Å². The van der Waals surface area contributed by atoms with Gasteiger partial charge in [-0.15, -0.1) is 0 Å². The number of rotatable bonds is 31. The van der Waals surface area contributed by atoms with Crippen LogP contribution in [0.2, 0.25) is 0 Å². The van der Waals surface area contributed by atoms with Crippen LogP contribution < -0.4 is 0 Å². The zero-order valence-electron chi connectivity index (χ0n) is 22.3. The van der Waals surface area contributed by atoms with Crippen LogP contribution in [0.3, 0.4) is 0 Å². The lowest BCUT2D eigenvalue weighted by Crippen LogP contribution is -2.15. The standard InChI is InChI=1S/C25H48O11/c1-3-6-28-8-10-30-12-14-32-16-18-34-20-21-35-19-17-33-15-13-31-11-9-29-7-4-5-25(27)23-36-22-24(2)26/h3-23H2,1-2H3. The first-order valence-corrected chi connectivity index (χ1v) is 12.9. The molecule has 0 atom stereocenters. The molecule has 0 saturated heterocycles. The van der Waals surface area contributed by atoms with Crippen LogP contribution >= 0.6 is 0 Å². The molecule has 0 unspecified atom stereocenters. The molecule has 0 aliphatic rings. The van der Waals surface area contributed by atoms with Crippen molar-refractivity contribution in [3.05, 3.63) is 0 Å². The molecule has 11 nitrogen and oxygen atoms in total. The Hall–Kier alpha value is -1.02. The normalized spacial score (nSPS) is 11.3. The van der Waals surface area contributed by atoms with Crippen LogP contribution in [0.5, 0.6) is 0 Å². The van der Waals surface area contributed by atoms with E-state index in [9.17, 15) is 9.59 Å². The van der Waals surface area contributed by atoms with Gasteiger partial charge in [-0.1, -0.05) is 6.92 Å². The van der Waals surface area contributed by atoms with Gasteiger partial charge in [-0.25, -0.2) is 0 Å². The summed E-state index contributed by atoms with van der Waals surface area (Å²) in [5, 5.41) is 0. The summed E-state index contributed by atoms with van der Waals surface area (Å²) in [6.45, 7) is 12.0. The number of ketones is 2. The topological polar surface area (TPSA) is 117 Å². The maximum absolute atomic E-state index is 11.5. The fraction of sp³-hybridized carbons (Fsp3) is 0.920. The highest BCUT2D eigenvalue weighted by Gasteiger charge is 2.03. The summed E-state index contributed by atoms with van der Waals surface area (Å²) in [6.07, 6.45) is 2.02. The van der Waals surface area contributed by atoms with E-state index >= 15 is 0 Å². The van der Waals surface area contributed by atoms with Gasteiger partial charge in [0.25, 0.3) is 0 Å². The average molecular weight is 525 g/mol. The molecular formula is C25H48O11. The number of Topliss-reactive ketones (excluding diaryl/α,β-unsaturated/α-hetero) is 2. The van der Waals surface area contributed by atoms with E-state index < -0.39 is 0 Å². The van der Waals surface area contributed by atoms with Gasteiger partial charge in [0.2, 0.25) is 0 Å². The Morgan fingerprint density at radius 3 is 1.11 bits per heavy atom. The lowest BCUT2D eigenvalue weighted by atomic mass is 10.2. The minimum absolute atomic E-state index is 0.0183. The third-order valence-corrected chi connectivity index (χ3v) is 4.27. The smallest absolute Gasteiger partial charge is 0.158 e. The van der Waals surface area contributed by atoms with Crippen molar-refractivity contribution in [2.75, 3.05) is 119 Å². The van der Waals surface area contributed by atoms with E-state index in [2.05, 4.69) is 6.92 Å². The number of carbonyl (C=O) groups is 2. The fourth-order valence-electron chi connectivity index (χ4n) is 2.54. The van der Waals surface area contributed by atoms with Gasteiger partial charge in [0.05, 0.1) is 92.5 Å². The van der Waals surface area contributed by atoms with Gasteiger partial charge >= 0.3 is 0 Å². The summed E-state index contributed by atoms with van der Waals surface area (Å²) in [4.78, 5) is 22.2. The van der Waals surface area contributed by atoms with Gasteiger partial charge < -0.3 is 42.6 Å². The molecule has 0 fully saturated rings. The fourth-order valence-corrected chi connectivity index (χ4v) is 2.54. The third-order valence-electron chi connectivity index (χ3n) is 4.27. The van der Waals surface area contributed by atoms with Crippen LogP contribution in [0.15, 0.2) is 0 Å². The number of hydrogen-bond acceptors (Lipinski definition) is 11. The molecule has 0 rings (SSSR count). The van der Waals surface area contributed by atoms with Crippen LogP contribution in [0.1, 0.15) is 33.1 Å². The van der Waals surface area contributed by atoms with Gasteiger partial charge in [-0.3, -0.25) is 9.59 Å². The lowest BCUT2D eigenvalue weighted by Gasteiger charge is -2.08. The van der Waals surface area contributed by atoms with Crippen LogP contribution in [-0.2, 0) is 52.2 Å². The van der Waals surface area contributed by atoms with Crippen molar-refractivity contribution in [3.63, 3.8) is 0 Å². The Bertz CT molecular complexity index is 477. The molecule has 0 aromatic carbocycles. The van der Waals surface area contributed by atoms with Gasteiger partial charge in [0, 0.05) is 19.6 Å². The highest BCUT2D eigenvalue weighted by atomic mass is 16.6. The summed E-state index contributed by atoms with van der Waals surface area (Å²) < 4.78 is 48.2. The Morgan fingerprint density at radius 2 is 0.778 bits per heavy atom. The highest BCUT2D eigenvalue weighted by Crippen LogP contribution is 1.94. The summed E-state index contributed by atoms with van der Waals surface area (Å²) in [7, 11) is 0. The molecule has 36 heavy (non-hydrogen) atoms. The average Bonchev–Trinajstić information content (AvgIpc) is 2.86. The van der Waals surface area contributed by atoms with E-state index in [-0.39, 0.29) is 24.8 Å². The maximum Gasteiger partial charge on any atom is 0.158 e. The number of hydrogen-bond donors (Lipinski definition) is 0. The zero-order valence-corrected chi connectivity index (χ0v) is 22.3. The molecule has 0 N–H and O–H groups in total. The molecule has 0 radical (unpaired) electrons. The molecule has 0 aliphatic heterocycles. The largest absolute Gasteiger partial charge is 0.379 e. The molecule has 0 amide bonds. The second kappa shape index (κ2) is 30.2. The minimum Gasteiger partial charge on any atom is -0.379 e.